The highest BCUT2D eigenvalue weighted by atomic mass is 16.7. The molecule has 7 heteroatoms. The number of carbonyl (C=O) groups is 2. The molecule has 1 amide bonds. The molecule has 2 aliphatic heterocycles. The normalized spacial score (nSPS) is 32.0. The summed E-state index contributed by atoms with van der Waals surface area (Å²) in [5, 5.41) is 9.52. The van der Waals surface area contributed by atoms with Gasteiger partial charge in [0.25, 0.3) is 0 Å². The Morgan fingerprint density at radius 1 is 1.26 bits per heavy atom. The van der Waals surface area contributed by atoms with Gasteiger partial charge in [0.05, 0.1) is 12.5 Å². The Morgan fingerprint density at radius 2 is 2.07 bits per heavy atom. The van der Waals surface area contributed by atoms with Crippen LogP contribution >= 0.6 is 0 Å². The molecule has 146 valence electrons. The van der Waals surface area contributed by atoms with Crippen LogP contribution in [0.1, 0.15) is 24.8 Å². The number of fused-ring (bicyclic) bond motifs is 1. The van der Waals surface area contributed by atoms with Crippen LogP contribution in [0.3, 0.4) is 0 Å². The Bertz CT molecular complexity index is 689. The van der Waals surface area contributed by atoms with Crippen molar-refractivity contribution in [2.45, 2.75) is 32.2 Å². The SMILES string of the molecule is O=C(O)C1C2CN(C(=O)OCc3ccccc3)CC21COC1CCCCO1. The number of benzene rings is 1. The van der Waals surface area contributed by atoms with Gasteiger partial charge in [0, 0.05) is 31.0 Å². The minimum atomic E-state index is -0.814. The number of amides is 1. The summed E-state index contributed by atoms with van der Waals surface area (Å²) in [5.74, 6) is -1.35. The third kappa shape index (κ3) is 3.66. The van der Waals surface area contributed by atoms with Crippen molar-refractivity contribution in [3.8, 4) is 0 Å². The lowest BCUT2D eigenvalue weighted by atomic mass is 10.1. The number of piperidine rings is 1. The first kappa shape index (κ1) is 18.3. The summed E-state index contributed by atoms with van der Waals surface area (Å²) in [6.45, 7) is 1.96. The van der Waals surface area contributed by atoms with Gasteiger partial charge in [-0.25, -0.2) is 4.79 Å². The lowest BCUT2D eigenvalue weighted by Gasteiger charge is -2.26. The fourth-order valence-electron chi connectivity index (χ4n) is 4.44. The summed E-state index contributed by atoms with van der Waals surface area (Å²) in [6.07, 6.45) is 2.26. The van der Waals surface area contributed by atoms with E-state index in [0.29, 0.717) is 26.3 Å². The van der Waals surface area contributed by atoms with E-state index >= 15 is 0 Å². The van der Waals surface area contributed by atoms with Crippen molar-refractivity contribution in [3.63, 3.8) is 0 Å². The Hall–Kier alpha value is -2.12. The van der Waals surface area contributed by atoms with Crippen LogP contribution in [0.5, 0.6) is 0 Å². The van der Waals surface area contributed by atoms with E-state index in [9.17, 15) is 14.7 Å². The van der Waals surface area contributed by atoms with Crippen LogP contribution in [0, 0.1) is 17.3 Å². The maximum atomic E-state index is 12.4. The van der Waals surface area contributed by atoms with Crippen molar-refractivity contribution < 1.29 is 28.9 Å². The van der Waals surface area contributed by atoms with Crippen LogP contribution in [0.2, 0.25) is 0 Å². The molecular weight excluding hydrogens is 350 g/mol. The second-order valence-electron chi connectivity index (χ2n) is 7.68. The van der Waals surface area contributed by atoms with E-state index in [2.05, 4.69) is 0 Å². The van der Waals surface area contributed by atoms with Crippen molar-refractivity contribution in [3.05, 3.63) is 35.9 Å². The molecule has 3 aliphatic rings. The maximum Gasteiger partial charge on any atom is 0.410 e. The van der Waals surface area contributed by atoms with Gasteiger partial charge in [-0.05, 0) is 24.8 Å². The van der Waals surface area contributed by atoms with E-state index in [0.717, 1.165) is 24.8 Å². The summed E-state index contributed by atoms with van der Waals surface area (Å²) >= 11 is 0. The number of hydrogen-bond acceptors (Lipinski definition) is 5. The van der Waals surface area contributed by atoms with Gasteiger partial charge >= 0.3 is 12.1 Å². The molecule has 0 spiro atoms. The van der Waals surface area contributed by atoms with Crippen LogP contribution in [0.4, 0.5) is 4.79 Å². The summed E-state index contributed by atoms with van der Waals surface area (Å²) < 4.78 is 16.9. The molecule has 1 saturated carbocycles. The van der Waals surface area contributed by atoms with Gasteiger partial charge in [-0.1, -0.05) is 30.3 Å². The summed E-state index contributed by atoms with van der Waals surface area (Å²) in [4.78, 5) is 25.6. The van der Waals surface area contributed by atoms with E-state index in [-0.39, 0.29) is 18.8 Å². The van der Waals surface area contributed by atoms with Gasteiger partial charge in [0.2, 0.25) is 0 Å². The van der Waals surface area contributed by atoms with Crippen molar-refractivity contribution in [1.82, 2.24) is 4.90 Å². The third-order valence-electron chi connectivity index (χ3n) is 5.96. The van der Waals surface area contributed by atoms with Crippen molar-refractivity contribution in [1.29, 1.82) is 0 Å². The minimum absolute atomic E-state index is 0.0807. The standard InChI is InChI=1S/C20H25NO6/c22-18(23)17-15-10-21(19(24)26-11-14-6-2-1-3-7-14)12-20(15,17)13-27-16-8-4-5-9-25-16/h1-3,6-7,15-17H,4-5,8-13H2,(H,22,23). The quantitative estimate of drug-likeness (QED) is 0.822. The molecule has 2 heterocycles. The predicted octanol–water partition coefficient (Wildman–Crippen LogP) is 2.50. The number of carbonyl (C=O) groups excluding carboxylic acids is 1. The van der Waals surface area contributed by atoms with E-state index in [4.69, 9.17) is 14.2 Å². The van der Waals surface area contributed by atoms with E-state index in [1.165, 1.54) is 0 Å². The Morgan fingerprint density at radius 3 is 2.78 bits per heavy atom. The van der Waals surface area contributed by atoms with Crippen LogP contribution in [0.15, 0.2) is 30.3 Å². The predicted molar refractivity (Wildman–Crippen MR) is 94.8 cm³/mol. The number of likely N-dealkylation sites (tertiary alicyclic amines) is 1. The smallest absolute Gasteiger partial charge is 0.410 e. The average molecular weight is 375 g/mol. The van der Waals surface area contributed by atoms with Gasteiger partial charge in [0.1, 0.15) is 6.61 Å². The lowest BCUT2D eigenvalue weighted by Crippen LogP contribution is -2.37. The molecular formula is C20H25NO6. The second kappa shape index (κ2) is 7.48. The van der Waals surface area contributed by atoms with Crippen LogP contribution in [-0.2, 0) is 25.6 Å². The molecule has 7 nitrogen and oxygen atoms in total. The van der Waals surface area contributed by atoms with Crippen molar-refractivity contribution in [2.24, 2.45) is 17.3 Å². The van der Waals surface area contributed by atoms with E-state index in [1.807, 2.05) is 30.3 Å². The molecule has 27 heavy (non-hydrogen) atoms. The largest absolute Gasteiger partial charge is 0.481 e. The van der Waals surface area contributed by atoms with Gasteiger partial charge in [-0.3, -0.25) is 4.79 Å². The zero-order chi connectivity index (χ0) is 18.9. The molecule has 4 rings (SSSR count). The van der Waals surface area contributed by atoms with Crippen LogP contribution in [-0.4, -0.2) is 54.7 Å². The third-order valence-corrected chi connectivity index (χ3v) is 5.96. The maximum absolute atomic E-state index is 12.4. The molecule has 3 fully saturated rings. The highest BCUT2D eigenvalue weighted by Gasteiger charge is 2.73. The first-order chi connectivity index (χ1) is 13.1. The molecule has 0 aromatic heterocycles. The topological polar surface area (TPSA) is 85.3 Å². The first-order valence-electron chi connectivity index (χ1n) is 9.52. The second-order valence-corrected chi connectivity index (χ2v) is 7.68. The number of ether oxygens (including phenoxy) is 3. The number of rotatable bonds is 6. The van der Waals surface area contributed by atoms with E-state index < -0.39 is 23.4 Å². The molecule has 1 N–H and O–H groups in total. The summed E-state index contributed by atoms with van der Waals surface area (Å²) in [7, 11) is 0. The van der Waals surface area contributed by atoms with Gasteiger partial charge < -0.3 is 24.2 Å². The Kier molecular flexibility index (Phi) is 5.06. The average Bonchev–Trinajstić information content (AvgIpc) is 3.16. The molecule has 0 bridgehead atoms. The molecule has 0 radical (unpaired) electrons. The first-order valence-corrected chi connectivity index (χ1v) is 9.52. The number of aliphatic carboxylic acids is 1. The number of hydrogen-bond donors (Lipinski definition) is 1. The van der Waals surface area contributed by atoms with Gasteiger partial charge in [-0.2, -0.15) is 0 Å². The Labute approximate surface area is 158 Å². The lowest BCUT2D eigenvalue weighted by molar-refractivity contribution is -0.173. The molecule has 4 unspecified atom stereocenters. The molecule has 1 aliphatic carbocycles. The summed E-state index contributed by atoms with van der Waals surface area (Å²) in [5.41, 5.74) is 0.407. The number of carboxylic acid groups (broad SMARTS) is 1. The van der Waals surface area contributed by atoms with Crippen molar-refractivity contribution >= 4 is 12.1 Å². The van der Waals surface area contributed by atoms with Gasteiger partial charge in [0.15, 0.2) is 6.29 Å². The monoisotopic (exact) mass is 375 g/mol. The fourth-order valence-corrected chi connectivity index (χ4v) is 4.44. The molecule has 4 atom stereocenters. The van der Waals surface area contributed by atoms with E-state index in [1.54, 1.807) is 4.90 Å². The minimum Gasteiger partial charge on any atom is -0.481 e. The molecule has 1 aromatic rings. The Balaban J connectivity index is 1.33. The highest BCUT2D eigenvalue weighted by Crippen LogP contribution is 2.63. The fraction of sp³-hybridized carbons (Fsp3) is 0.600. The van der Waals surface area contributed by atoms with Gasteiger partial charge in [-0.15, -0.1) is 0 Å². The number of carboxylic acids is 1. The van der Waals surface area contributed by atoms with Crippen LogP contribution < -0.4 is 0 Å². The zero-order valence-electron chi connectivity index (χ0n) is 15.2. The summed E-state index contributed by atoms with van der Waals surface area (Å²) in [6, 6.07) is 9.49. The van der Waals surface area contributed by atoms with Crippen LogP contribution in [0.25, 0.3) is 0 Å². The molecule has 1 aromatic carbocycles. The molecule has 2 saturated heterocycles. The van der Waals surface area contributed by atoms with Crippen molar-refractivity contribution in [2.75, 3.05) is 26.3 Å². The highest BCUT2D eigenvalue weighted by molar-refractivity contribution is 5.78. The number of nitrogens with zero attached hydrogens (tertiary/aromatic N) is 1. The zero-order valence-corrected chi connectivity index (χ0v) is 15.2.